The quantitative estimate of drug-likeness (QED) is 0.863. The van der Waals surface area contributed by atoms with Crippen molar-refractivity contribution in [1.29, 1.82) is 0 Å². The maximum absolute atomic E-state index is 11.2. The number of amides is 1. The molecule has 0 aliphatic carbocycles. The molecule has 1 amide bonds. The van der Waals surface area contributed by atoms with E-state index in [0.29, 0.717) is 16.3 Å². The molecule has 4 nitrogen and oxygen atoms in total. The second kappa shape index (κ2) is 5.89. The van der Waals surface area contributed by atoms with Crippen molar-refractivity contribution in [3.8, 4) is 0 Å². The van der Waals surface area contributed by atoms with Crippen molar-refractivity contribution in [2.75, 3.05) is 12.4 Å². The third-order valence-corrected chi connectivity index (χ3v) is 2.83. The fourth-order valence-corrected chi connectivity index (χ4v) is 1.81. The Kier molecular flexibility index (Phi) is 4.78. The molecule has 1 N–H and O–H groups in total. The first-order chi connectivity index (χ1) is 7.95. The monoisotopic (exact) mass is 275 g/mol. The first-order valence-electron chi connectivity index (χ1n) is 4.77. The predicted molar refractivity (Wildman–Crippen MR) is 66.5 cm³/mol. The van der Waals surface area contributed by atoms with Gasteiger partial charge in [-0.2, -0.15) is 0 Å². The van der Waals surface area contributed by atoms with Crippen LogP contribution in [0.25, 0.3) is 0 Å². The molecule has 0 saturated carbocycles. The Morgan fingerprint density at radius 1 is 1.35 bits per heavy atom. The molecule has 0 saturated heterocycles. The van der Waals surface area contributed by atoms with Gasteiger partial charge in [0.25, 0.3) is 0 Å². The first-order valence-corrected chi connectivity index (χ1v) is 5.52. The van der Waals surface area contributed by atoms with Crippen LogP contribution in [-0.4, -0.2) is 19.0 Å². The van der Waals surface area contributed by atoms with Crippen molar-refractivity contribution >= 4 is 40.8 Å². The lowest BCUT2D eigenvalue weighted by atomic mass is 10.1. The number of hydrogen-bond acceptors (Lipinski definition) is 3. The number of anilines is 1. The summed E-state index contributed by atoms with van der Waals surface area (Å²) in [5, 5.41) is 3.15. The van der Waals surface area contributed by atoms with Gasteiger partial charge in [0.15, 0.2) is 0 Å². The highest BCUT2D eigenvalue weighted by Gasteiger charge is 2.15. The standard InChI is InChI=1S/C11H11Cl2NO3/c1-6(15)14-9-4-3-8(12)7(11(9)13)5-10(16)17-2/h3-4H,5H2,1-2H3,(H,14,15). The maximum atomic E-state index is 11.2. The number of rotatable bonds is 3. The van der Waals surface area contributed by atoms with Gasteiger partial charge in [-0.3, -0.25) is 9.59 Å². The molecule has 0 spiro atoms. The lowest BCUT2D eigenvalue weighted by molar-refractivity contribution is -0.139. The van der Waals surface area contributed by atoms with Crippen LogP contribution in [0.3, 0.4) is 0 Å². The average Bonchev–Trinajstić information content (AvgIpc) is 2.27. The summed E-state index contributed by atoms with van der Waals surface area (Å²) >= 11 is 12.0. The van der Waals surface area contributed by atoms with Crippen LogP contribution >= 0.6 is 23.2 Å². The molecule has 0 bridgehead atoms. The number of ether oxygens (including phenoxy) is 1. The zero-order valence-corrected chi connectivity index (χ0v) is 10.9. The van der Waals surface area contributed by atoms with Crippen LogP contribution < -0.4 is 5.32 Å². The van der Waals surface area contributed by atoms with Crippen molar-refractivity contribution in [2.24, 2.45) is 0 Å². The average molecular weight is 276 g/mol. The van der Waals surface area contributed by atoms with Gasteiger partial charge in [0.2, 0.25) is 5.91 Å². The molecular weight excluding hydrogens is 265 g/mol. The van der Waals surface area contributed by atoms with E-state index in [1.54, 1.807) is 12.1 Å². The van der Waals surface area contributed by atoms with Gasteiger partial charge in [0, 0.05) is 17.5 Å². The van der Waals surface area contributed by atoms with Crippen LogP contribution in [0.2, 0.25) is 10.0 Å². The zero-order chi connectivity index (χ0) is 13.0. The van der Waals surface area contributed by atoms with Crippen molar-refractivity contribution < 1.29 is 14.3 Å². The van der Waals surface area contributed by atoms with Crippen LogP contribution in [0.15, 0.2) is 12.1 Å². The van der Waals surface area contributed by atoms with Gasteiger partial charge in [-0.05, 0) is 12.1 Å². The van der Waals surface area contributed by atoms with Gasteiger partial charge in [-0.15, -0.1) is 0 Å². The minimum atomic E-state index is -0.450. The van der Waals surface area contributed by atoms with E-state index in [1.807, 2.05) is 0 Å². The van der Waals surface area contributed by atoms with E-state index >= 15 is 0 Å². The van der Waals surface area contributed by atoms with Crippen molar-refractivity contribution in [3.63, 3.8) is 0 Å². The van der Waals surface area contributed by atoms with E-state index in [-0.39, 0.29) is 17.4 Å². The smallest absolute Gasteiger partial charge is 0.310 e. The highest BCUT2D eigenvalue weighted by molar-refractivity contribution is 6.38. The molecular formula is C11H11Cl2NO3. The molecule has 1 aromatic rings. The van der Waals surface area contributed by atoms with Gasteiger partial charge in [0.1, 0.15) is 0 Å². The summed E-state index contributed by atoms with van der Waals surface area (Å²) in [5.41, 5.74) is 0.855. The number of esters is 1. The first kappa shape index (κ1) is 13.8. The van der Waals surface area contributed by atoms with E-state index in [9.17, 15) is 9.59 Å². The van der Waals surface area contributed by atoms with Gasteiger partial charge in [-0.1, -0.05) is 23.2 Å². The van der Waals surface area contributed by atoms with Crippen LogP contribution in [0.5, 0.6) is 0 Å². The Morgan fingerprint density at radius 3 is 2.53 bits per heavy atom. The van der Waals surface area contributed by atoms with Crippen LogP contribution in [0, 0.1) is 0 Å². The molecule has 17 heavy (non-hydrogen) atoms. The summed E-state index contributed by atoms with van der Waals surface area (Å²) in [5.74, 6) is -0.702. The van der Waals surface area contributed by atoms with Crippen molar-refractivity contribution in [3.05, 3.63) is 27.7 Å². The molecule has 6 heteroatoms. The Bertz CT molecular complexity index is 460. The van der Waals surface area contributed by atoms with Gasteiger partial charge >= 0.3 is 5.97 Å². The number of hydrogen-bond donors (Lipinski definition) is 1. The summed E-state index contributed by atoms with van der Waals surface area (Å²) in [6, 6.07) is 3.14. The molecule has 0 radical (unpaired) electrons. The zero-order valence-electron chi connectivity index (χ0n) is 9.34. The molecule has 0 heterocycles. The second-order valence-electron chi connectivity index (χ2n) is 3.32. The summed E-state index contributed by atoms with van der Waals surface area (Å²) in [6.45, 7) is 1.37. The normalized spacial score (nSPS) is 9.88. The van der Waals surface area contributed by atoms with Gasteiger partial charge in [0.05, 0.1) is 24.2 Å². The summed E-state index contributed by atoms with van der Waals surface area (Å²) < 4.78 is 4.54. The van der Waals surface area contributed by atoms with E-state index in [1.165, 1.54) is 14.0 Å². The summed E-state index contributed by atoms with van der Waals surface area (Å²) in [4.78, 5) is 22.1. The largest absolute Gasteiger partial charge is 0.469 e. The molecule has 1 aromatic carbocycles. The molecule has 0 unspecified atom stereocenters. The fraction of sp³-hybridized carbons (Fsp3) is 0.273. The Labute approximate surface area is 109 Å². The van der Waals surface area contributed by atoms with Crippen LogP contribution in [0.1, 0.15) is 12.5 Å². The topological polar surface area (TPSA) is 55.4 Å². The molecule has 0 atom stereocenters. The molecule has 1 rings (SSSR count). The number of methoxy groups -OCH3 is 1. The third-order valence-electron chi connectivity index (χ3n) is 2.05. The molecule has 0 fully saturated rings. The minimum absolute atomic E-state index is 0.0401. The fourth-order valence-electron chi connectivity index (χ4n) is 1.26. The number of carbonyl (C=O) groups is 2. The molecule has 0 aliphatic heterocycles. The van der Waals surface area contributed by atoms with Crippen molar-refractivity contribution in [2.45, 2.75) is 13.3 Å². The Morgan fingerprint density at radius 2 is 2.00 bits per heavy atom. The SMILES string of the molecule is COC(=O)Cc1c(Cl)ccc(NC(C)=O)c1Cl. The molecule has 0 aliphatic rings. The van der Waals surface area contributed by atoms with Crippen molar-refractivity contribution in [1.82, 2.24) is 0 Å². The Hall–Kier alpha value is -1.26. The number of halogens is 2. The summed E-state index contributed by atoms with van der Waals surface area (Å²) in [7, 11) is 1.28. The molecule has 92 valence electrons. The summed E-state index contributed by atoms with van der Waals surface area (Å²) in [6.07, 6.45) is -0.0401. The van der Waals surface area contributed by atoms with Gasteiger partial charge < -0.3 is 10.1 Å². The number of nitrogens with one attached hydrogen (secondary N) is 1. The lowest BCUT2D eigenvalue weighted by Crippen LogP contribution is -2.09. The minimum Gasteiger partial charge on any atom is -0.469 e. The second-order valence-corrected chi connectivity index (χ2v) is 4.11. The van der Waals surface area contributed by atoms with Crippen LogP contribution in [-0.2, 0) is 20.7 Å². The Balaban J connectivity index is 3.10. The number of carbonyl (C=O) groups excluding carboxylic acids is 2. The highest BCUT2D eigenvalue weighted by Crippen LogP contribution is 2.32. The highest BCUT2D eigenvalue weighted by atomic mass is 35.5. The number of benzene rings is 1. The van der Waals surface area contributed by atoms with E-state index in [0.717, 1.165) is 0 Å². The lowest BCUT2D eigenvalue weighted by Gasteiger charge is -2.11. The van der Waals surface area contributed by atoms with Crippen LogP contribution in [0.4, 0.5) is 5.69 Å². The third kappa shape index (κ3) is 3.61. The predicted octanol–water partition coefficient (Wildman–Crippen LogP) is 2.67. The van der Waals surface area contributed by atoms with E-state index < -0.39 is 5.97 Å². The van der Waals surface area contributed by atoms with Gasteiger partial charge in [-0.25, -0.2) is 0 Å². The maximum Gasteiger partial charge on any atom is 0.310 e. The van der Waals surface area contributed by atoms with E-state index in [2.05, 4.69) is 10.1 Å². The molecule has 0 aromatic heterocycles. The van der Waals surface area contributed by atoms with E-state index in [4.69, 9.17) is 23.2 Å².